The van der Waals surface area contributed by atoms with Crippen molar-refractivity contribution in [3.63, 3.8) is 0 Å². The number of benzene rings is 1. The quantitative estimate of drug-likeness (QED) is 0.758. The highest BCUT2D eigenvalue weighted by Crippen LogP contribution is 2.36. The van der Waals surface area contributed by atoms with Crippen molar-refractivity contribution in [2.24, 2.45) is 0 Å². The molecule has 0 spiro atoms. The monoisotopic (exact) mass is 357 g/mol. The molecular formula is C17H24ClNO5. The van der Waals surface area contributed by atoms with Gasteiger partial charge in [-0.1, -0.05) is 18.5 Å². The van der Waals surface area contributed by atoms with Crippen molar-refractivity contribution in [1.82, 2.24) is 5.32 Å². The molecule has 0 saturated carbocycles. The third-order valence-corrected chi connectivity index (χ3v) is 3.05. The first-order valence-electron chi connectivity index (χ1n) is 7.66. The zero-order valence-electron chi connectivity index (χ0n) is 14.7. The molecule has 0 aliphatic carbocycles. The maximum Gasteiger partial charge on any atom is 0.338 e. The van der Waals surface area contributed by atoms with Gasteiger partial charge < -0.3 is 19.5 Å². The van der Waals surface area contributed by atoms with E-state index in [0.29, 0.717) is 18.1 Å². The van der Waals surface area contributed by atoms with Gasteiger partial charge in [0, 0.05) is 5.54 Å². The fraction of sp³-hybridized carbons (Fsp3) is 0.529. The van der Waals surface area contributed by atoms with E-state index in [-0.39, 0.29) is 23.1 Å². The van der Waals surface area contributed by atoms with E-state index in [1.54, 1.807) is 0 Å². The Kier molecular flexibility index (Phi) is 7.35. The maximum atomic E-state index is 12.1. The summed E-state index contributed by atoms with van der Waals surface area (Å²) in [6, 6.07) is 2.90. The van der Waals surface area contributed by atoms with Crippen LogP contribution in [0, 0.1) is 0 Å². The largest absolute Gasteiger partial charge is 0.493 e. The van der Waals surface area contributed by atoms with Crippen LogP contribution in [0.1, 0.15) is 44.5 Å². The van der Waals surface area contributed by atoms with Gasteiger partial charge in [0.1, 0.15) is 0 Å². The number of carbonyl (C=O) groups is 2. The van der Waals surface area contributed by atoms with Crippen molar-refractivity contribution in [3.8, 4) is 11.5 Å². The lowest BCUT2D eigenvalue weighted by Crippen LogP contribution is -2.42. The van der Waals surface area contributed by atoms with E-state index in [1.807, 2.05) is 27.7 Å². The van der Waals surface area contributed by atoms with Gasteiger partial charge in [-0.05, 0) is 39.3 Å². The molecule has 0 atom stereocenters. The maximum absolute atomic E-state index is 12.1. The summed E-state index contributed by atoms with van der Waals surface area (Å²) in [6.07, 6.45) is 0.812. The van der Waals surface area contributed by atoms with E-state index in [1.165, 1.54) is 19.2 Å². The summed E-state index contributed by atoms with van der Waals surface area (Å²) in [5.74, 6) is -0.330. The summed E-state index contributed by atoms with van der Waals surface area (Å²) in [7, 11) is 1.45. The molecule has 1 N–H and O–H groups in total. The summed E-state index contributed by atoms with van der Waals surface area (Å²) in [6.45, 7) is 7.59. The van der Waals surface area contributed by atoms with Crippen LogP contribution >= 0.6 is 11.6 Å². The number of amides is 1. The second kappa shape index (κ2) is 8.78. The number of methoxy groups -OCH3 is 1. The minimum atomic E-state index is -0.665. The second-order valence-electron chi connectivity index (χ2n) is 6.21. The Morgan fingerprint density at radius 2 is 1.92 bits per heavy atom. The smallest absolute Gasteiger partial charge is 0.338 e. The molecule has 0 heterocycles. The Morgan fingerprint density at radius 1 is 1.25 bits per heavy atom. The van der Waals surface area contributed by atoms with Crippen molar-refractivity contribution in [2.45, 2.75) is 39.7 Å². The predicted octanol–water partition coefficient (Wildman–Crippen LogP) is 3.21. The lowest BCUT2D eigenvalue weighted by atomic mass is 10.1. The van der Waals surface area contributed by atoms with Gasteiger partial charge in [0.15, 0.2) is 18.1 Å². The summed E-state index contributed by atoms with van der Waals surface area (Å²) in [5.41, 5.74) is -0.210. The predicted molar refractivity (Wildman–Crippen MR) is 92.0 cm³/mol. The third-order valence-electron chi connectivity index (χ3n) is 2.76. The van der Waals surface area contributed by atoms with Gasteiger partial charge in [-0.25, -0.2) is 4.79 Å². The molecule has 7 heteroatoms. The molecule has 134 valence electrons. The zero-order chi connectivity index (χ0) is 18.3. The Hall–Kier alpha value is -1.95. The molecule has 1 aromatic rings. The van der Waals surface area contributed by atoms with Gasteiger partial charge in [0.25, 0.3) is 5.91 Å². The Morgan fingerprint density at radius 3 is 2.46 bits per heavy atom. The van der Waals surface area contributed by atoms with Crippen molar-refractivity contribution in [2.75, 3.05) is 20.3 Å². The first-order valence-corrected chi connectivity index (χ1v) is 8.04. The van der Waals surface area contributed by atoms with Crippen LogP contribution in [0.15, 0.2) is 12.1 Å². The normalized spacial score (nSPS) is 10.9. The Bertz CT molecular complexity index is 595. The second-order valence-corrected chi connectivity index (χ2v) is 6.62. The van der Waals surface area contributed by atoms with Crippen molar-refractivity contribution in [3.05, 3.63) is 22.7 Å². The SMILES string of the molecule is CCCOc1c(Cl)cc(C(=O)OCC(=O)NC(C)(C)C)cc1OC. The number of carbonyl (C=O) groups excluding carboxylic acids is 2. The van der Waals surface area contributed by atoms with E-state index in [4.69, 9.17) is 25.8 Å². The number of halogens is 1. The minimum Gasteiger partial charge on any atom is -0.493 e. The van der Waals surface area contributed by atoms with Crippen LogP contribution in [0.25, 0.3) is 0 Å². The first-order chi connectivity index (χ1) is 11.2. The average molecular weight is 358 g/mol. The lowest BCUT2D eigenvalue weighted by Gasteiger charge is -2.20. The van der Waals surface area contributed by atoms with Crippen LogP contribution in [0.2, 0.25) is 5.02 Å². The van der Waals surface area contributed by atoms with E-state index >= 15 is 0 Å². The molecule has 1 aromatic carbocycles. The molecule has 0 radical (unpaired) electrons. The van der Waals surface area contributed by atoms with E-state index in [2.05, 4.69) is 5.32 Å². The fourth-order valence-corrected chi connectivity index (χ4v) is 2.12. The van der Waals surface area contributed by atoms with E-state index < -0.39 is 11.5 Å². The van der Waals surface area contributed by atoms with Crippen molar-refractivity contribution in [1.29, 1.82) is 0 Å². The van der Waals surface area contributed by atoms with Crippen molar-refractivity contribution >= 4 is 23.5 Å². The van der Waals surface area contributed by atoms with Gasteiger partial charge in [0.2, 0.25) is 0 Å². The molecule has 1 amide bonds. The number of rotatable bonds is 7. The van der Waals surface area contributed by atoms with Gasteiger partial charge >= 0.3 is 5.97 Å². The molecule has 0 aliphatic rings. The fourth-order valence-electron chi connectivity index (χ4n) is 1.85. The summed E-state index contributed by atoms with van der Waals surface area (Å²) in [5, 5.41) is 2.95. The van der Waals surface area contributed by atoms with E-state index in [9.17, 15) is 9.59 Å². The zero-order valence-corrected chi connectivity index (χ0v) is 15.5. The van der Waals surface area contributed by atoms with Crippen LogP contribution in [0.3, 0.4) is 0 Å². The lowest BCUT2D eigenvalue weighted by molar-refractivity contribution is -0.125. The molecule has 0 bridgehead atoms. The number of nitrogens with one attached hydrogen (secondary N) is 1. The van der Waals surface area contributed by atoms with Crippen LogP contribution in [0.5, 0.6) is 11.5 Å². The highest BCUT2D eigenvalue weighted by molar-refractivity contribution is 6.32. The molecule has 0 saturated heterocycles. The molecule has 24 heavy (non-hydrogen) atoms. The molecule has 0 aliphatic heterocycles. The Balaban J connectivity index is 2.81. The van der Waals surface area contributed by atoms with Crippen molar-refractivity contribution < 1.29 is 23.8 Å². The Labute approximate surface area is 147 Å². The van der Waals surface area contributed by atoms with Crippen LogP contribution < -0.4 is 14.8 Å². The molecule has 0 fully saturated rings. The van der Waals surface area contributed by atoms with Gasteiger partial charge in [0.05, 0.1) is 24.3 Å². The van der Waals surface area contributed by atoms with Gasteiger partial charge in [-0.2, -0.15) is 0 Å². The molecule has 0 unspecified atom stereocenters. The average Bonchev–Trinajstić information content (AvgIpc) is 2.49. The third kappa shape index (κ3) is 6.28. The topological polar surface area (TPSA) is 73.9 Å². The highest BCUT2D eigenvalue weighted by atomic mass is 35.5. The van der Waals surface area contributed by atoms with Crippen LogP contribution in [0.4, 0.5) is 0 Å². The number of esters is 1. The first kappa shape index (κ1) is 20.1. The summed E-state index contributed by atoms with van der Waals surface area (Å²) < 4.78 is 15.7. The summed E-state index contributed by atoms with van der Waals surface area (Å²) >= 11 is 6.15. The number of hydrogen-bond donors (Lipinski definition) is 1. The van der Waals surface area contributed by atoms with Gasteiger partial charge in [-0.3, -0.25) is 4.79 Å². The summed E-state index contributed by atoms with van der Waals surface area (Å²) in [4.78, 5) is 23.8. The number of ether oxygens (including phenoxy) is 3. The molecule has 0 aromatic heterocycles. The van der Waals surface area contributed by atoms with Crippen LogP contribution in [-0.2, 0) is 9.53 Å². The number of hydrogen-bond acceptors (Lipinski definition) is 5. The minimum absolute atomic E-state index is 0.184. The molecule has 1 rings (SSSR count). The molecule has 6 nitrogen and oxygen atoms in total. The van der Waals surface area contributed by atoms with E-state index in [0.717, 1.165) is 6.42 Å². The van der Waals surface area contributed by atoms with Gasteiger partial charge in [-0.15, -0.1) is 0 Å². The highest BCUT2D eigenvalue weighted by Gasteiger charge is 2.19. The molecular weight excluding hydrogens is 334 g/mol. The standard InChI is InChI=1S/C17H24ClNO5/c1-6-7-23-15-12(18)8-11(9-13(15)22-5)16(21)24-10-14(20)19-17(2,3)4/h8-9H,6-7,10H2,1-5H3,(H,19,20). The van der Waals surface area contributed by atoms with Crippen LogP contribution in [-0.4, -0.2) is 37.7 Å².